The van der Waals surface area contributed by atoms with Crippen LogP contribution in [0.5, 0.6) is 0 Å². The highest BCUT2D eigenvalue weighted by molar-refractivity contribution is 5.10. The summed E-state index contributed by atoms with van der Waals surface area (Å²) in [5.41, 5.74) is 1.52. The van der Waals surface area contributed by atoms with Crippen molar-refractivity contribution in [3.63, 3.8) is 0 Å². The molecule has 0 amide bonds. The van der Waals surface area contributed by atoms with Crippen molar-refractivity contribution in [3.8, 4) is 0 Å². The van der Waals surface area contributed by atoms with E-state index in [-0.39, 0.29) is 16.7 Å². The molecule has 0 unspecified atom stereocenters. The molecule has 7 heteroatoms. The molecule has 0 aliphatic carbocycles. The maximum atomic E-state index is 12.4. The third kappa shape index (κ3) is 4.71. The Morgan fingerprint density at radius 1 is 1.15 bits per heavy atom. The first kappa shape index (κ1) is 19.5. The van der Waals surface area contributed by atoms with Crippen molar-refractivity contribution in [2.45, 2.75) is 52.1 Å². The van der Waals surface area contributed by atoms with E-state index in [1.165, 1.54) is 0 Å². The van der Waals surface area contributed by atoms with Crippen LogP contribution in [0.2, 0.25) is 0 Å². The number of hydrogen-bond donors (Lipinski definition) is 0. The number of nitrogens with zero attached hydrogens (tertiary/aromatic N) is 5. The van der Waals surface area contributed by atoms with Gasteiger partial charge in [-0.15, -0.1) is 0 Å². The summed E-state index contributed by atoms with van der Waals surface area (Å²) in [6.07, 6.45) is 5.34. The van der Waals surface area contributed by atoms with E-state index in [4.69, 9.17) is 0 Å². The van der Waals surface area contributed by atoms with E-state index in [1.54, 1.807) is 34.8 Å². The van der Waals surface area contributed by atoms with Crippen LogP contribution in [0.3, 0.4) is 0 Å². The van der Waals surface area contributed by atoms with E-state index in [2.05, 4.69) is 35.6 Å². The second-order valence-electron chi connectivity index (χ2n) is 8.51. The van der Waals surface area contributed by atoms with Crippen molar-refractivity contribution >= 4 is 0 Å². The van der Waals surface area contributed by atoms with Gasteiger partial charge in [0.15, 0.2) is 0 Å². The largest absolute Gasteiger partial charge is 0.347 e. The quantitative estimate of drug-likeness (QED) is 0.815. The predicted octanol–water partition coefficient (Wildman–Crippen LogP) is 1.55. The van der Waals surface area contributed by atoms with Crippen LogP contribution in [0.15, 0.2) is 34.2 Å². The minimum atomic E-state index is -0.215. The fourth-order valence-electron chi connectivity index (χ4n) is 3.47. The molecule has 1 saturated heterocycles. The zero-order chi connectivity index (χ0) is 19.6. The number of piperidine rings is 1. The van der Waals surface area contributed by atoms with Crippen LogP contribution in [0.25, 0.3) is 0 Å². The fourth-order valence-corrected chi connectivity index (χ4v) is 3.47. The predicted molar refractivity (Wildman–Crippen MR) is 105 cm³/mol. The van der Waals surface area contributed by atoms with Gasteiger partial charge in [-0.05, 0) is 37.9 Å². The summed E-state index contributed by atoms with van der Waals surface area (Å²) >= 11 is 0. The van der Waals surface area contributed by atoms with Gasteiger partial charge in [0, 0.05) is 43.5 Å². The van der Waals surface area contributed by atoms with Crippen LogP contribution in [0.4, 0.5) is 0 Å². The molecule has 1 fully saturated rings. The molecule has 0 aromatic carbocycles. The van der Waals surface area contributed by atoms with Gasteiger partial charge < -0.3 is 0 Å². The Hall–Kier alpha value is -2.28. The highest BCUT2D eigenvalue weighted by Gasteiger charge is 2.22. The molecule has 0 N–H and O–H groups in total. The first-order valence-electron chi connectivity index (χ1n) is 9.54. The monoisotopic (exact) mass is 371 g/mol. The van der Waals surface area contributed by atoms with Crippen LogP contribution in [-0.4, -0.2) is 37.1 Å². The minimum absolute atomic E-state index is 0.0316. The van der Waals surface area contributed by atoms with Gasteiger partial charge in [-0.25, -0.2) is 14.8 Å². The van der Waals surface area contributed by atoms with Gasteiger partial charge in [0.2, 0.25) is 0 Å². The summed E-state index contributed by atoms with van der Waals surface area (Å²) in [4.78, 5) is 34.7. The average Bonchev–Trinajstić information content (AvgIpc) is 2.61. The topological polar surface area (TPSA) is 73.0 Å². The highest BCUT2D eigenvalue weighted by atomic mass is 16.1. The summed E-state index contributed by atoms with van der Waals surface area (Å²) in [7, 11) is 1.76. The molecule has 1 aliphatic heterocycles. The molecule has 0 atom stereocenters. The van der Waals surface area contributed by atoms with Crippen molar-refractivity contribution in [3.05, 3.63) is 56.9 Å². The maximum Gasteiger partial charge on any atom is 0.347 e. The zero-order valence-corrected chi connectivity index (χ0v) is 16.7. The molecule has 0 saturated carbocycles. The van der Waals surface area contributed by atoms with Gasteiger partial charge in [0.1, 0.15) is 0 Å². The highest BCUT2D eigenvalue weighted by Crippen LogP contribution is 2.21. The molecule has 0 spiro atoms. The van der Waals surface area contributed by atoms with E-state index in [0.717, 1.165) is 50.4 Å². The first-order valence-corrected chi connectivity index (χ1v) is 9.54. The first-order chi connectivity index (χ1) is 12.7. The summed E-state index contributed by atoms with van der Waals surface area (Å²) in [5, 5.41) is 0. The van der Waals surface area contributed by atoms with Crippen molar-refractivity contribution < 1.29 is 0 Å². The molecule has 0 radical (unpaired) electrons. The van der Waals surface area contributed by atoms with Crippen LogP contribution >= 0.6 is 0 Å². The molecule has 3 rings (SSSR count). The van der Waals surface area contributed by atoms with E-state index in [9.17, 15) is 9.59 Å². The number of rotatable bonds is 4. The van der Waals surface area contributed by atoms with Crippen molar-refractivity contribution in [1.82, 2.24) is 24.0 Å². The van der Waals surface area contributed by atoms with E-state index in [1.807, 2.05) is 6.07 Å². The molecule has 7 nitrogen and oxygen atoms in total. The molecule has 1 aliphatic rings. The molecule has 27 heavy (non-hydrogen) atoms. The van der Waals surface area contributed by atoms with Crippen molar-refractivity contribution in [2.75, 3.05) is 13.1 Å². The summed E-state index contributed by atoms with van der Waals surface area (Å²) < 4.78 is 3.34. The number of likely N-dealkylation sites (tertiary alicyclic amines) is 1. The lowest BCUT2D eigenvalue weighted by molar-refractivity contribution is 0.163. The third-order valence-electron chi connectivity index (χ3n) is 5.37. The smallest absolute Gasteiger partial charge is 0.299 e. The van der Waals surface area contributed by atoms with E-state index < -0.39 is 0 Å². The number of hydrogen-bond acceptors (Lipinski definition) is 5. The lowest BCUT2D eigenvalue weighted by atomic mass is 9.92. The molecular formula is C20H29N5O2. The van der Waals surface area contributed by atoms with Crippen LogP contribution in [-0.2, 0) is 25.6 Å². The SMILES string of the molecule is Cn1c(CN2CCC(Cn3cnc(C(C)(C)C)cc3=O)CC2)ccnc1=O. The molecule has 2 aromatic heterocycles. The Kier molecular flexibility index (Phi) is 5.60. The van der Waals surface area contributed by atoms with Gasteiger partial charge in [-0.2, -0.15) is 0 Å². The third-order valence-corrected chi connectivity index (χ3v) is 5.37. The van der Waals surface area contributed by atoms with E-state index in [0.29, 0.717) is 5.92 Å². The van der Waals surface area contributed by atoms with Gasteiger partial charge in [-0.3, -0.25) is 18.8 Å². The van der Waals surface area contributed by atoms with Gasteiger partial charge >= 0.3 is 5.69 Å². The zero-order valence-electron chi connectivity index (χ0n) is 16.7. The lowest BCUT2D eigenvalue weighted by Crippen LogP contribution is -2.37. The Morgan fingerprint density at radius 3 is 2.48 bits per heavy atom. The summed E-state index contributed by atoms with van der Waals surface area (Å²) in [6, 6.07) is 3.56. The Bertz CT molecular complexity index is 902. The van der Waals surface area contributed by atoms with Crippen LogP contribution < -0.4 is 11.2 Å². The fraction of sp³-hybridized carbons (Fsp3) is 0.600. The Balaban J connectivity index is 1.58. The van der Waals surface area contributed by atoms with Gasteiger partial charge in [-0.1, -0.05) is 20.8 Å². The average molecular weight is 371 g/mol. The maximum absolute atomic E-state index is 12.4. The minimum Gasteiger partial charge on any atom is -0.299 e. The van der Waals surface area contributed by atoms with Gasteiger partial charge in [0.05, 0.1) is 12.0 Å². The Morgan fingerprint density at radius 2 is 1.85 bits per heavy atom. The molecule has 2 aromatic rings. The van der Waals surface area contributed by atoms with Crippen LogP contribution in [0, 0.1) is 5.92 Å². The van der Waals surface area contributed by atoms with Crippen molar-refractivity contribution in [1.29, 1.82) is 0 Å². The molecular weight excluding hydrogens is 342 g/mol. The standard InChI is InChI=1S/C20H29N5O2/c1-20(2,3)17-11-18(26)25(14-22-17)12-15-6-9-24(10-7-15)13-16-5-8-21-19(27)23(16)4/h5,8,11,14-15H,6-7,9-10,12-13H2,1-4H3. The summed E-state index contributed by atoms with van der Waals surface area (Å²) in [5.74, 6) is 0.475. The molecule has 3 heterocycles. The van der Waals surface area contributed by atoms with E-state index >= 15 is 0 Å². The normalized spacial score (nSPS) is 16.6. The summed E-state index contributed by atoms with van der Waals surface area (Å²) in [6.45, 7) is 9.59. The van der Waals surface area contributed by atoms with Crippen molar-refractivity contribution in [2.24, 2.45) is 13.0 Å². The van der Waals surface area contributed by atoms with Crippen LogP contribution in [0.1, 0.15) is 45.0 Å². The Labute approximate surface area is 159 Å². The lowest BCUT2D eigenvalue weighted by Gasteiger charge is -2.32. The molecule has 146 valence electrons. The second-order valence-corrected chi connectivity index (χ2v) is 8.51. The number of aromatic nitrogens is 4. The molecule has 0 bridgehead atoms. The second kappa shape index (κ2) is 7.76. The van der Waals surface area contributed by atoms with Gasteiger partial charge in [0.25, 0.3) is 5.56 Å².